The smallest absolute Gasteiger partial charge is 0.338 e. The summed E-state index contributed by atoms with van der Waals surface area (Å²) in [5.74, 6) is 0.573. The highest BCUT2D eigenvalue weighted by molar-refractivity contribution is 5.79. The predicted octanol–water partition coefficient (Wildman–Crippen LogP) is 4.21. The summed E-state index contributed by atoms with van der Waals surface area (Å²) in [5.41, 5.74) is 4.27. The Kier molecular flexibility index (Phi) is 4.22. The number of benzene rings is 2. The Bertz CT molecular complexity index is 777. The van der Waals surface area contributed by atoms with Gasteiger partial charge in [0, 0.05) is 5.56 Å². The molecule has 4 nitrogen and oxygen atoms in total. The second kappa shape index (κ2) is 6.52. The third-order valence-electron chi connectivity index (χ3n) is 4.97. The molecule has 130 valence electrons. The van der Waals surface area contributed by atoms with Crippen LogP contribution in [0, 0.1) is 6.92 Å². The van der Waals surface area contributed by atoms with Gasteiger partial charge in [0.05, 0.1) is 7.11 Å². The monoisotopic (exact) mass is 338 g/mol. The number of methoxy groups -OCH3 is 1. The predicted molar refractivity (Wildman–Crippen MR) is 94.5 cm³/mol. The fourth-order valence-electron chi connectivity index (χ4n) is 3.13. The lowest BCUT2D eigenvalue weighted by molar-refractivity contribution is -0.154. The molecule has 4 heteroatoms. The van der Waals surface area contributed by atoms with Crippen molar-refractivity contribution in [2.75, 3.05) is 7.11 Å². The molecule has 1 heterocycles. The van der Waals surface area contributed by atoms with Crippen molar-refractivity contribution < 1.29 is 19.0 Å². The van der Waals surface area contributed by atoms with E-state index >= 15 is 0 Å². The lowest BCUT2D eigenvalue weighted by atomic mass is 9.96. The van der Waals surface area contributed by atoms with Crippen molar-refractivity contribution in [1.29, 1.82) is 0 Å². The molecule has 0 spiro atoms. The molecule has 1 saturated heterocycles. The molecular weight excluding hydrogens is 316 g/mol. The molecule has 2 aromatic carbocycles. The number of esters is 1. The Labute approximate surface area is 147 Å². The Morgan fingerprint density at radius 1 is 1.12 bits per heavy atom. The van der Waals surface area contributed by atoms with Gasteiger partial charge in [0.2, 0.25) is 0 Å². The summed E-state index contributed by atoms with van der Waals surface area (Å²) >= 11 is 0. The van der Waals surface area contributed by atoms with E-state index < -0.39 is 6.10 Å². The van der Waals surface area contributed by atoms with Crippen LogP contribution in [0.25, 0.3) is 11.1 Å². The normalized spacial score (nSPS) is 22.2. The molecule has 0 N–H and O–H groups in total. The van der Waals surface area contributed by atoms with Crippen molar-refractivity contribution in [3.8, 4) is 16.9 Å². The van der Waals surface area contributed by atoms with Crippen molar-refractivity contribution >= 4 is 5.97 Å². The van der Waals surface area contributed by atoms with E-state index in [0.29, 0.717) is 0 Å². The highest BCUT2D eigenvalue weighted by atomic mass is 16.6. The SMILES string of the molecule is COc1ccc(C2OC2C(=O)OC2CCC2)cc1-c1ccc(C)cc1. The molecule has 2 aromatic rings. The summed E-state index contributed by atoms with van der Waals surface area (Å²) in [6.07, 6.45) is 2.50. The van der Waals surface area contributed by atoms with Gasteiger partial charge in [-0.15, -0.1) is 0 Å². The number of epoxide rings is 1. The Morgan fingerprint density at radius 2 is 1.88 bits per heavy atom. The molecule has 2 fully saturated rings. The van der Waals surface area contributed by atoms with E-state index in [0.717, 1.165) is 41.7 Å². The van der Waals surface area contributed by atoms with Crippen LogP contribution >= 0.6 is 0 Å². The molecule has 25 heavy (non-hydrogen) atoms. The van der Waals surface area contributed by atoms with E-state index in [9.17, 15) is 4.79 Å². The van der Waals surface area contributed by atoms with Crippen molar-refractivity contribution in [3.05, 3.63) is 53.6 Å². The third kappa shape index (κ3) is 3.27. The van der Waals surface area contributed by atoms with Gasteiger partial charge in [0.25, 0.3) is 0 Å². The fraction of sp³-hybridized carbons (Fsp3) is 0.381. The van der Waals surface area contributed by atoms with Gasteiger partial charge in [-0.3, -0.25) is 0 Å². The zero-order chi connectivity index (χ0) is 17.4. The summed E-state index contributed by atoms with van der Waals surface area (Å²) in [6, 6.07) is 14.2. The van der Waals surface area contributed by atoms with Crippen LogP contribution in [0.4, 0.5) is 0 Å². The van der Waals surface area contributed by atoms with Crippen LogP contribution in [0.15, 0.2) is 42.5 Å². The van der Waals surface area contributed by atoms with E-state index in [1.54, 1.807) is 7.11 Å². The topological polar surface area (TPSA) is 48.1 Å². The average Bonchev–Trinajstić information content (AvgIpc) is 3.39. The zero-order valence-electron chi connectivity index (χ0n) is 14.5. The first-order valence-electron chi connectivity index (χ1n) is 8.76. The number of carbonyl (C=O) groups excluding carboxylic acids is 1. The number of rotatable bonds is 5. The Balaban J connectivity index is 1.54. The minimum Gasteiger partial charge on any atom is -0.496 e. The van der Waals surface area contributed by atoms with Crippen LogP contribution < -0.4 is 4.74 Å². The van der Waals surface area contributed by atoms with Crippen LogP contribution in [-0.2, 0) is 14.3 Å². The van der Waals surface area contributed by atoms with Gasteiger partial charge in [-0.2, -0.15) is 0 Å². The van der Waals surface area contributed by atoms with Crippen molar-refractivity contribution in [1.82, 2.24) is 0 Å². The first kappa shape index (κ1) is 16.2. The van der Waals surface area contributed by atoms with Crippen LogP contribution in [0.5, 0.6) is 5.75 Å². The van der Waals surface area contributed by atoms with Gasteiger partial charge in [-0.05, 0) is 49.4 Å². The summed E-state index contributed by atoms with van der Waals surface area (Å²) in [6.45, 7) is 2.06. The third-order valence-corrected chi connectivity index (χ3v) is 4.97. The molecule has 0 aromatic heterocycles. The van der Waals surface area contributed by atoms with Gasteiger partial charge >= 0.3 is 5.97 Å². The largest absolute Gasteiger partial charge is 0.496 e. The van der Waals surface area contributed by atoms with Crippen LogP contribution in [-0.4, -0.2) is 25.3 Å². The molecular formula is C21H22O4. The summed E-state index contributed by atoms with van der Waals surface area (Å²) < 4.78 is 16.6. The summed E-state index contributed by atoms with van der Waals surface area (Å²) in [5, 5.41) is 0. The van der Waals surface area contributed by atoms with Crippen molar-refractivity contribution in [2.45, 2.75) is 44.5 Å². The quantitative estimate of drug-likeness (QED) is 0.605. The fourth-order valence-corrected chi connectivity index (χ4v) is 3.13. The van der Waals surface area contributed by atoms with Crippen molar-refractivity contribution in [2.24, 2.45) is 0 Å². The molecule has 0 radical (unpaired) electrons. The van der Waals surface area contributed by atoms with E-state index in [4.69, 9.17) is 14.2 Å². The lowest BCUT2D eigenvalue weighted by Crippen LogP contribution is -2.27. The summed E-state index contributed by atoms with van der Waals surface area (Å²) in [7, 11) is 1.67. The standard InChI is InChI=1S/C21H22O4/c1-13-6-8-14(9-7-13)17-12-15(10-11-18(17)23-2)19-20(25-19)21(22)24-16-4-3-5-16/h6-12,16,19-20H,3-5H2,1-2H3. The highest BCUT2D eigenvalue weighted by Crippen LogP contribution is 2.43. The molecule has 2 aliphatic rings. The lowest BCUT2D eigenvalue weighted by Gasteiger charge is -2.24. The number of ether oxygens (including phenoxy) is 3. The highest BCUT2D eigenvalue weighted by Gasteiger charge is 2.48. The molecule has 1 saturated carbocycles. The van der Waals surface area contributed by atoms with Gasteiger partial charge in [-0.1, -0.05) is 35.9 Å². The Hall–Kier alpha value is -2.33. The summed E-state index contributed by atoms with van der Waals surface area (Å²) in [4.78, 5) is 12.1. The molecule has 1 aliphatic heterocycles. The average molecular weight is 338 g/mol. The van der Waals surface area contributed by atoms with Gasteiger partial charge < -0.3 is 14.2 Å². The minimum atomic E-state index is -0.472. The van der Waals surface area contributed by atoms with Crippen LogP contribution in [0.1, 0.15) is 36.5 Å². The molecule has 0 amide bonds. The van der Waals surface area contributed by atoms with Crippen LogP contribution in [0.2, 0.25) is 0 Å². The van der Waals surface area contributed by atoms with Gasteiger partial charge in [0.1, 0.15) is 18.0 Å². The Morgan fingerprint density at radius 3 is 2.52 bits per heavy atom. The first-order chi connectivity index (χ1) is 12.2. The molecule has 2 atom stereocenters. The zero-order valence-corrected chi connectivity index (χ0v) is 14.5. The second-order valence-electron chi connectivity index (χ2n) is 6.79. The number of aryl methyl sites for hydroxylation is 1. The molecule has 4 rings (SSSR count). The first-order valence-corrected chi connectivity index (χ1v) is 8.76. The van der Waals surface area contributed by atoms with E-state index in [1.807, 2.05) is 18.2 Å². The number of hydrogen-bond acceptors (Lipinski definition) is 4. The second-order valence-corrected chi connectivity index (χ2v) is 6.79. The van der Waals surface area contributed by atoms with E-state index in [2.05, 4.69) is 31.2 Å². The maximum atomic E-state index is 12.1. The number of carbonyl (C=O) groups is 1. The number of hydrogen-bond donors (Lipinski definition) is 0. The van der Waals surface area contributed by atoms with E-state index in [1.165, 1.54) is 5.56 Å². The van der Waals surface area contributed by atoms with Gasteiger partial charge in [0.15, 0.2) is 6.10 Å². The minimum absolute atomic E-state index is 0.0938. The maximum Gasteiger partial charge on any atom is 0.338 e. The molecule has 2 unspecified atom stereocenters. The maximum absolute atomic E-state index is 12.1. The van der Waals surface area contributed by atoms with Gasteiger partial charge in [-0.25, -0.2) is 4.79 Å². The van der Waals surface area contributed by atoms with Crippen molar-refractivity contribution in [3.63, 3.8) is 0 Å². The molecule has 1 aliphatic carbocycles. The van der Waals surface area contributed by atoms with Crippen LogP contribution in [0.3, 0.4) is 0 Å². The van der Waals surface area contributed by atoms with E-state index in [-0.39, 0.29) is 18.2 Å². The molecule has 0 bridgehead atoms.